The van der Waals surface area contributed by atoms with Crippen molar-refractivity contribution >= 4 is 39.5 Å². The van der Waals surface area contributed by atoms with Gasteiger partial charge in [-0.25, -0.2) is 9.13 Å². The third-order valence-electron chi connectivity index (χ3n) is 15.4. The number of phosphoric ester groups is 2. The zero-order chi connectivity index (χ0) is 63.8. The first-order valence-electron chi connectivity index (χ1n) is 34.8. The van der Waals surface area contributed by atoms with Crippen molar-refractivity contribution in [1.82, 2.24) is 0 Å². The fourth-order valence-electron chi connectivity index (χ4n) is 10.0. The summed E-state index contributed by atoms with van der Waals surface area (Å²) in [5.41, 5.74) is 0. The molecule has 0 saturated heterocycles. The van der Waals surface area contributed by atoms with E-state index in [0.29, 0.717) is 37.5 Å². The van der Waals surface area contributed by atoms with E-state index in [2.05, 4.69) is 48.5 Å². The average Bonchev–Trinajstić information content (AvgIpc) is 3.55. The number of hydrogen-bond donors (Lipinski definition) is 3. The van der Waals surface area contributed by atoms with Crippen LogP contribution in [0.25, 0.3) is 0 Å². The Hall–Kier alpha value is -1.94. The summed E-state index contributed by atoms with van der Waals surface area (Å²) in [5, 5.41) is 10.6. The summed E-state index contributed by atoms with van der Waals surface area (Å²) in [6.07, 6.45) is 40.4. The number of unbranched alkanes of at least 4 members (excludes halogenated alkanes) is 33. The normalized spacial score (nSPS) is 14.3. The molecule has 0 aromatic heterocycles. The lowest BCUT2D eigenvalue weighted by Gasteiger charge is -2.21. The van der Waals surface area contributed by atoms with E-state index in [1.165, 1.54) is 135 Å². The number of esters is 4. The first-order valence-corrected chi connectivity index (χ1v) is 37.8. The van der Waals surface area contributed by atoms with Gasteiger partial charge >= 0.3 is 39.5 Å². The van der Waals surface area contributed by atoms with Crippen LogP contribution in [0.5, 0.6) is 0 Å². The van der Waals surface area contributed by atoms with Crippen LogP contribution in [0.15, 0.2) is 0 Å². The zero-order valence-electron chi connectivity index (χ0n) is 55.8. The first kappa shape index (κ1) is 84.1. The largest absolute Gasteiger partial charge is 0.472 e. The Morgan fingerprint density at radius 1 is 0.314 bits per heavy atom. The number of rotatable bonds is 65. The second kappa shape index (κ2) is 58.2. The number of carbonyl (C=O) groups is 4. The van der Waals surface area contributed by atoms with Crippen molar-refractivity contribution in [2.24, 2.45) is 17.8 Å². The van der Waals surface area contributed by atoms with Crippen molar-refractivity contribution in [3.63, 3.8) is 0 Å². The van der Waals surface area contributed by atoms with Gasteiger partial charge in [-0.3, -0.25) is 37.3 Å². The molecule has 17 nitrogen and oxygen atoms in total. The molecule has 0 amide bonds. The second-order valence-corrected chi connectivity index (χ2v) is 28.5. The fraction of sp³-hybridized carbons (Fsp3) is 0.940. The van der Waals surface area contributed by atoms with Crippen LogP contribution >= 0.6 is 15.6 Å². The minimum absolute atomic E-state index is 0.102. The molecular formula is C67H130O17P2. The van der Waals surface area contributed by atoms with Crippen LogP contribution in [-0.4, -0.2) is 96.7 Å². The molecule has 2 unspecified atom stereocenters. The highest BCUT2D eigenvalue weighted by atomic mass is 31.2. The molecule has 19 heteroatoms. The van der Waals surface area contributed by atoms with Gasteiger partial charge in [-0.2, -0.15) is 0 Å². The molecule has 0 spiro atoms. The summed E-state index contributed by atoms with van der Waals surface area (Å²) in [6, 6.07) is 0. The van der Waals surface area contributed by atoms with E-state index in [1.807, 2.05) is 0 Å². The Morgan fingerprint density at radius 2 is 0.535 bits per heavy atom. The van der Waals surface area contributed by atoms with Gasteiger partial charge in [0.1, 0.15) is 19.3 Å². The van der Waals surface area contributed by atoms with Crippen molar-refractivity contribution in [3.05, 3.63) is 0 Å². The lowest BCUT2D eigenvalue weighted by molar-refractivity contribution is -0.161. The van der Waals surface area contributed by atoms with E-state index < -0.39 is 97.5 Å². The summed E-state index contributed by atoms with van der Waals surface area (Å²) in [5.74, 6) is 0.0119. The maximum atomic E-state index is 13.0. The minimum atomic E-state index is -4.95. The van der Waals surface area contributed by atoms with Gasteiger partial charge in [-0.05, 0) is 43.4 Å². The van der Waals surface area contributed by atoms with Gasteiger partial charge in [0, 0.05) is 25.7 Å². The SMILES string of the molecule is CCCCCCCCCCCCCCCCC(=O)O[C@H](COC(=O)CCCCCCCCCCCC(C)C)COP(=O)(O)OC[C@@H](O)COP(=O)(O)OC[C@@H](COC(=O)CCCCCCCCCC(C)C)OC(=O)CCCCCCCCCC(C)C. The summed E-state index contributed by atoms with van der Waals surface area (Å²) >= 11 is 0. The molecular weight excluding hydrogens is 1140 g/mol. The van der Waals surface area contributed by atoms with E-state index in [-0.39, 0.29) is 25.7 Å². The van der Waals surface area contributed by atoms with Crippen molar-refractivity contribution in [2.75, 3.05) is 39.6 Å². The van der Waals surface area contributed by atoms with E-state index in [0.717, 1.165) is 102 Å². The highest BCUT2D eigenvalue weighted by Crippen LogP contribution is 2.45. The van der Waals surface area contributed by atoms with Gasteiger partial charge in [0.15, 0.2) is 12.2 Å². The topological polar surface area (TPSA) is 237 Å². The highest BCUT2D eigenvalue weighted by molar-refractivity contribution is 7.47. The van der Waals surface area contributed by atoms with Crippen molar-refractivity contribution in [2.45, 2.75) is 349 Å². The molecule has 0 aliphatic rings. The molecule has 0 heterocycles. The Bertz CT molecular complexity index is 1700. The smallest absolute Gasteiger partial charge is 0.462 e. The van der Waals surface area contributed by atoms with Crippen molar-refractivity contribution in [3.8, 4) is 0 Å². The molecule has 3 N–H and O–H groups in total. The molecule has 0 rings (SSSR count). The molecule has 0 saturated carbocycles. The van der Waals surface area contributed by atoms with Gasteiger partial charge in [0.05, 0.1) is 26.4 Å². The van der Waals surface area contributed by atoms with E-state index >= 15 is 0 Å². The van der Waals surface area contributed by atoms with E-state index in [9.17, 15) is 43.2 Å². The van der Waals surface area contributed by atoms with Gasteiger partial charge < -0.3 is 33.8 Å². The Labute approximate surface area is 524 Å². The van der Waals surface area contributed by atoms with Crippen LogP contribution in [0.3, 0.4) is 0 Å². The van der Waals surface area contributed by atoms with Gasteiger partial charge in [-0.1, -0.05) is 280 Å². The molecule has 0 aliphatic carbocycles. The zero-order valence-corrected chi connectivity index (χ0v) is 57.6. The Balaban J connectivity index is 5.25. The molecule has 5 atom stereocenters. The van der Waals surface area contributed by atoms with E-state index in [1.54, 1.807) is 0 Å². The lowest BCUT2D eigenvalue weighted by atomic mass is 10.0. The third-order valence-corrected chi connectivity index (χ3v) is 17.3. The maximum absolute atomic E-state index is 13.0. The number of hydrogen-bond acceptors (Lipinski definition) is 15. The van der Waals surface area contributed by atoms with Crippen LogP contribution < -0.4 is 0 Å². The Morgan fingerprint density at radius 3 is 0.791 bits per heavy atom. The van der Waals surface area contributed by atoms with Gasteiger partial charge in [0.2, 0.25) is 0 Å². The molecule has 0 fully saturated rings. The van der Waals surface area contributed by atoms with Crippen LogP contribution in [0, 0.1) is 17.8 Å². The predicted molar refractivity (Wildman–Crippen MR) is 344 cm³/mol. The molecule has 0 aliphatic heterocycles. The summed E-state index contributed by atoms with van der Waals surface area (Å²) in [6.45, 7) is 11.7. The van der Waals surface area contributed by atoms with E-state index in [4.69, 9.17) is 37.0 Å². The minimum Gasteiger partial charge on any atom is -0.462 e. The van der Waals surface area contributed by atoms with Crippen LogP contribution in [-0.2, 0) is 65.4 Å². The molecule has 0 radical (unpaired) electrons. The number of ether oxygens (including phenoxy) is 4. The lowest BCUT2D eigenvalue weighted by Crippen LogP contribution is -2.30. The maximum Gasteiger partial charge on any atom is 0.472 e. The molecule has 0 aromatic carbocycles. The predicted octanol–water partition coefficient (Wildman–Crippen LogP) is 18.7. The number of carbonyl (C=O) groups excluding carboxylic acids is 4. The van der Waals surface area contributed by atoms with Crippen LogP contribution in [0.2, 0.25) is 0 Å². The summed E-state index contributed by atoms with van der Waals surface area (Å²) in [7, 11) is -9.89. The van der Waals surface area contributed by atoms with Gasteiger partial charge in [0.25, 0.3) is 0 Å². The molecule has 0 bridgehead atoms. The van der Waals surface area contributed by atoms with Crippen LogP contribution in [0.1, 0.15) is 331 Å². The fourth-order valence-corrected chi connectivity index (χ4v) is 11.6. The van der Waals surface area contributed by atoms with Crippen molar-refractivity contribution < 1.29 is 80.2 Å². The van der Waals surface area contributed by atoms with Crippen molar-refractivity contribution in [1.29, 1.82) is 0 Å². The standard InChI is InChI=1S/C67H130O17P2/c1-8-9-10-11-12-13-14-15-16-17-20-28-36-43-50-66(71)83-62(54-77-64(69)48-41-34-27-21-18-19-24-31-38-45-58(2)3)56-81-85(73,74)79-52-61(68)53-80-86(75,76)82-57-63(84-67(72)51-44-37-30-23-26-33-40-47-60(6)7)55-78-65(70)49-42-35-29-22-25-32-39-46-59(4)5/h58-63,68H,8-57H2,1-7H3,(H,73,74)(H,75,76)/t61-,62-,63-/m1/s1. The molecule has 86 heavy (non-hydrogen) atoms. The first-order chi connectivity index (χ1) is 41.2. The Kier molecular flexibility index (Phi) is 56.9. The average molecular weight is 1270 g/mol. The number of aliphatic hydroxyl groups excluding tert-OH is 1. The third kappa shape index (κ3) is 60.9. The monoisotopic (exact) mass is 1270 g/mol. The van der Waals surface area contributed by atoms with Crippen LogP contribution in [0.4, 0.5) is 0 Å². The molecule has 510 valence electrons. The molecule has 0 aromatic rings. The second-order valence-electron chi connectivity index (χ2n) is 25.6. The quantitative estimate of drug-likeness (QED) is 0.0222. The number of phosphoric acid groups is 2. The number of aliphatic hydroxyl groups is 1. The highest BCUT2D eigenvalue weighted by Gasteiger charge is 2.30. The summed E-state index contributed by atoms with van der Waals surface area (Å²) in [4.78, 5) is 72.4. The van der Waals surface area contributed by atoms with Gasteiger partial charge in [-0.15, -0.1) is 0 Å². The summed E-state index contributed by atoms with van der Waals surface area (Å²) < 4.78 is 68.1.